The molecule has 0 heterocycles. The van der Waals surface area contributed by atoms with Crippen LogP contribution in [-0.4, -0.2) is 46.2 Å². The Morgan fingerprint density at radius 1 is 1.03 bits per heavy atom. The van der Waals surface area contributed by atoms with Gasteiger partial charge in [0.2, 0.25) is 5.91 Å². The largest absolute Gasteiger partial charge is 0.357 e. The summed E-state index contributed by atoms with van der Waals surface area (Å²) < 4.78 is 35.9. The molecule has 0 saturated heterocycles. The fourth-order valence-corrected chi connectivity index (χ4v) is 3.09. The lowest BCUT2D eigenvalue weighted by Crippen LogP contribution is -2.39. The van der Waals surface area contributed by atoms with E-state index in [0.29, 0.717) is 31.2 Å². The van der Waals surface area contributed by atoms with E-state index in [0.717, 1.165) is 5.56 Å². The molecule has 0 aliphatic carbocycles. The van der Waals surface area contributed by atoms with E-state index in [2.05, 4.69) is 20.9 Å². The minimum absolute atomic E-state index is 0.0875. The van der Waals surface area contributed by atoms with Crippen molar-refractivity contribution in [2.24, 2.45) is 4.99 Å². The summed E-state index contributed by atoms with van der Waals surface area (Å²) in [7, 11) is -3.20. The number of hydrogen-bond acceptors (Lipinski definition) is 4. The van der Waals surface area contributed by atoms with Gasteiger partial charge in [-0.25, -0.2) is 17.8 Å². The van der Waals surface area contributed by atoms with Gasteiger partial charge in [0.1, 0.15) is 12.4 Å². The number of amides is 1. The molecular weight excluding hydrogens is 395 g/mol. The molecule has 3 N–H and O–H groups in total. The number of hydrogen-bond donors (Lipinski definition) is 3. The predicted octanol–water partition coefficient (Wildman–Crippen LogP) is 1.97. The Balaban J connectivity index is 1.85. The van der Waals surface area contributed by atoms with E-state index in [1.165, 1.54) is 30.5 Å². The molecule has 0 spiro atoms. The molecule has 2 aromatic carbocycles. The third-order valence-electron chi connectivity index (χ3n) is 3.91. The van der Waals surface area contributed by atoms with Gasteiger partial charge in [-0.1, -0.05) is 12.1 Å². The van der Waals surface area contributed by atoms with Crippen LogP contribution in [0.3, 0.4) is 0 Å². The van der Waals surface area contributed by atoms with Gasteiger partial charge in [0.15, 0.2) is 15.8 Å². The predicted molar refractivity (Wildman–Crippen MR) is 112 cm³/mol. The third kappa shape index (κ3) is 7.90. The quantitative estimate of drug-likeness (QED) is 0.448. The zero-order valence-electron chi connectivity index (χ0n) is 16.4. The fourth-order valence-electron chi connectivity index (χ4n) is 2.45. The van der Waals surface area contributed by atoms with E-state index >= 15 is 0 Å². The highest BCUT2D eigenvalue weighted by molar-refractivity contribution is 7.90. The van der Waals surface area contributed by atoms with Gasteiger partial charge in [-0.2, -0.15) is 0 Å². The van der Waals surface area contributed by atoms with Crippen LogP contribution in [0.5, 0.6) is 0 Å². The summed E-state index contributed by atoms with van der Waals surface area (Å²) >= 11 is 0. The lowest BCUT2D eigenvalue weighted by Gasteiger charge is -2.11. The number of aliphatic imine (C=N–C) groups is 1. The fraction of sp³-hybridized carbons (Fsp3) is 0.300. The average molecular weight is 421 g/mol. The Morgan fingerprint density at radius 3 is 2.28 bits per heavy atom. The summed E-state index contributed by atoms with van der Waals surface area (Å²) in [6.07, 6.45) is 1.84. The number of nitrogens with one attached hydrogen (secondary N) is 3. The van der Waals surface area contributed by atoms with Crippen molar-refractivity contribution < 1.29 is 17.6 Å². The number of anilines is 1. The second-order valence-corrected chi connectivity index (χ2v) is 8.36. The zero-order valence-corrected chi connectivity index (χ0v) is 17.2. The maximum absolute atomic E-state index is 12.9. The number of nitrogens with zero attached hydrogens (tertiary/aromatic N) is 1. The van der Waals surface area contributed by atoms with E-state index in [1.54, 1.807) is 24.3 Å². The summed E-state index contributed by atoms with van der Waals surface area (Å²) in [5.41, 5.74) is 1.48. The van der Waals surface area contributed by atoms with Crippen molar-refractivity contribution in [1.82, 2.24) is 10.6 Å². The van der Waals surface area contributed by atoms with E-state index in [4.69, 9.17) is 0 Å². The minimum atomic E-state index is -3.20. The van der Waals surface area contributed by atoms with Crippen LogP contribution in [0.25, 0.3) is 0 Å². The van der Waals surface area contributed by atoms with Crippen molar-refractivity contribution in [2.75, 3.05) is 31.2 Å². The standard InChI is InChI=1S/C20H25FN4O3S/c1-3-22-20(24-14-19(26)25-17-8-6-16(21)7-9-17)23-13-12-15-4-10-18(11-5-15)29(2,27)28/h4-11H,3,12-14H2,1-2H3,(H,25,26)(H2,22,23,24). The molecule has 0 aromatic heterocycles. The Kier molecular flexibility index (Phi) is 8.14. The Morgan fingerprint density at radius 2 is 1.69 bits per heavy atom. The Hall–Kier alpha value is -2.94. The van der Waals surface area contributed by atoms with Gasteiger partial charge in [-0.3, -0.25) is 4.79 Å². The number of carbonyl (C=O) groups is 1. The van der Waals surface area contributed by atoms with Crippen LogP contribution in [0, 0.1) is 5.82 Å². The molecule has 2 rings (SSSR count). The topological polar surface area (TPSA) is 99.7 Å². The molecular formula is C20H25FN4O3S. The van der Waals surface area contributed by atoms with Crippen LogP contribution in [0.1, 0.15) is 12.5 Å². The van der Waals surface area contributed by atoms with Gasteiger partial charge < -0.3 is 16.0 Å². The van der Waals surface area contributed by atoms with Gasteiger partial charge in [0, 0.05) is 25.0 Å². The van der Waals surface area contributed by atoms with Crippen molar-refractivity contribution in [3.8, 4) is 0 Å². The first kappa shape index (κ1) is 22.4. The number of rotatable bonds is 8. The number of benzene rings is 2. The van der Waals surface area contributed by atoms with E-state index in [9.17, 15) is 17.6 Å². The van der Waals surface area contributed by atoms with Crippen LogP contribution in [0.15, 0.2) is 58.4 Å². The molecule has 0 saturated carbocycles. The number of sulfone groups is 1. The van der Waals surface area contributed by atoms with Gasteiger partial charge in [-0.15, -0.1) is 0 Å². The minimum Gasteiger partial charge on any atom is -0.357 e. The van der Waals surface area contributed by atoms with Crippen molar-refractivity contribution in [1.29, 1.82) is 0 Å². The number of halogens is 1. The van der Waals surface area contributed by atoms with Crippen molar-refractivity contribution in [2.45, 2.75) is 18.2 Å². The Labute approximate surface area is 170 Å². The van der Waals surface area contributed by atoms with Crippen LogP contribution >= 0.6 is 0 Å². The van der Waals surface area contributed by atoms with Crippen molar-refractivity contribution in [3.05, 3.63) is 59.9 Å². The van der Waals surface area contributed by atoms with Crippen molar-refractivity contribution in [3.63, 3.8) is 0 Å². The molecule has 0 aliphatic heterocycles. The van der Waals surface area contributed by atoms with Gasteiger partial charge in [0.05, 0.1) is 4.90 Å². The molecule has 29 heavy (non-hydrogen) atoms. The summed E-state index contributed by atoms with van der Waals surface area (Å²) in [5.74, 6) is -0.190. The first-order valence-electron chi connectivity index (χ1n) is 9.14. The molecule has 7 nitrogen and oxygen atoms in total. The second kappa shape index (κ2) is 10.6. The molecule has 0 atom stereocenters. The highest BCUT2D eigenvalue weighted by Crippen LogP contribution is 2.10. The van der Waals surface area contributed by atoms with Crippen molar-refractivity contribution >= 4 is 27.4 Å². The molecule has 0 radical (unpaired) electrons. The lowest BCUT2D eigenvalue weighted by molar-refractivity contribution is -0.114. The van der Waals surface area contributed by atoms with Crippen LogP contribution in [0.4, 0.5) is 10.1 Å². The van der Waals surface area contributed by atoms with Gasteiger partial charge >= 0.3 is 0 Å². The molecule has 2 aromatic rings. The first-order valence-corrected chi connectivity index (χ1v) is 11.0. The third-order valence-corrected chi connectivity index (χ3v) is 5.04. The summed E-state index contributed by atoms with van der Waals surface area (Å²) in [6.45, 7) is 3.02. The maximum atomic E-state index is 12.9. The average Bonchev–Trinajstić information content (AvgIpc) is 2.67. The molecule has 9 heteroatoms. The molecule has 0 bridgehead atoms. The molecule has 0 fully saturated rings. The second-order valence-electron chi connectivity index (χ2n) is 6.34. The van der Waals surface area contributed by atoms with E-state index in [-0.39, 0.29) is 23.2 Å². The highest BCUT2D eigenvalue weighted by atomic mass is 32.2. The molecule has 0 unspecified atom stereocenters. The molecule has 156 valence electrons. The maximum Gasteiger partial charge on any atom is 0.246 e. The van der Waals surface area contributed by atoms with Crippen LogP contribution in [-0.2, 0) is 21.1 Å². The Bertz CT molecular complexity index is 943. The summed E-state index contributed by atoms with van der Waals surface area (Å²) in [6, 6.07) is 12.2. The van der Waals surface area contributed by atoms with Gasteiger partial charge in [0.25, 0.3) is 0 Å². The summed E-state index contributed by atoms with van der Waals surface area (Å²) in [4.78, 5) is 16.5. The monoisotopic (exact) mass is 420 g/mol. The van der Waals surface area contributed by atoms with Gasteiger partial charge in [-0.05, 0) is 55.3 Å². The van der Waals surface area contributed by atoms with E-state index in [1.807, 2.05) is 6.92 Å². The molecule has 0 aliphatic rings. The summed E-state index contributed by atoms with van der Waals surface area (Å²) in [5, 5.41) is 8.83. The normalized spacial score (nSPS) is 11.8. The smallest absolute Gasteiger partial charge is 0.246 e. The van der Waals surface area contributed by atoms with Crippen LogP contribution < -0.4 is 16.0 Å². The van der Waals surface area contributed by atoms with Crippen LogP contribution in [0.2, 0.25) is 0 Å². The zero-order chi connectivity index (χ0) is 21.3. The van der Waals surface area contributed by atoms with E-state index < -0.39 is 9.84 Å². The SMILES string of the molecule is CCNC(=NCC(=O)Nc1ccc(F)cc1)NCCc1ccc(S(C)(=O)=O)cc1. The first-order chi connectivity index (χ1) is 13.8. The number of carbonyl (C=O) groups excluding carboxylic acids is 1. The highest BCUT2D eigenvalue weighted by Gasteiger charge is 2.07. The lowest BCUT2D eigenvalue weighted by atomic mass is 10.1. The molecule has 1 amide bonds. The number of guanidine groups is 1.